The molecule has 1 unspecified atom stereocenters. The van der Waals surface area contributed by atoms with Gasteiger partial charge in [0.1, 0.15) is 0 Å². The van der Waals surface area contributed by atoms with Crippen LogP contribution in [0.4, 0.5) is 22.9 Å². The number of amidine groups is 1. The molecule has 9 nitrogen and oxygen atoms in total. The normalized spacial score (nSPS) is 16.1. The van der Waals surface area contributed by atoms with Crippen molar-refractivity contribution < 1.29 is 9.72 Å². The molecule has 2 aliphatic heterocycles. The fourth-order valence-corrected chi connectivity index (χ4v) is 4.61. The number of amides is 1. The Kier molecular flexibility index (Phi) is 4.31. The lowest BCUT2D eigenvalue weighted by Gasteiger charge is -2.40. The number of hydrogen-bond donors (Lipinski definition) is 1. The molecule has 4 aromatic rings. The highest BCUT2D eigenvalue weighted by atomic mass is 16.6. The molecule has 1 aromatic heterocycles. The number of anilines is 2. The van der Waals surface area contributed by atoms with Gasteiger partial charge in [-0.15, -0.1) is 0 Å². The van der Waals surface area contributed by atoms with Gasteiger partial charge in [0.05, 0.1) is 33.7 Å². The van der Waals surface area contributed by atoms with Gasteiger partial charge in [-0.1, -0.05) is 42.5 Å². The summed E-state index contributed by atoms with van der Waals surface area (Å²) in [5, 5.41) is 19.2. The molecule has 166 valence electrons. The summed E-state index contributed by atoms with van der Waals surface area (Å²) in [7, 11) is 0. The van der Waals surface area contributed by atoms with Crippen molar-refractivity contribution in [1.29, 1.82) is 0 Å². The van der Waals surface area contributed by atoms with Gasteiger partial charge in [-0.25, -0.2) is 9.67 Å². The number of hydrogen-bond acceptors (Lipinski definition) is 6. The van der Waals surface area contributed by atoms with Gasteiger partial charge < -0.3 is 10.2 Å². The molecule has 6 rings (SSSR count). The topological polar surface area (TPSA) is 106 Å². The summed E-state index contributed by atoms with van der Waals surface area (Å²) in [5.74, 6) is 0.388. The summed E-state index contributed by atoms with van der Waals surface area (Å²) < 4.78 is 1.72. The number of nitrogens with zero attached hydrogens (tertiary/aromatic N) is 5. The van der Waals surface area contributed by atoms with E-state index in [0.717, 1.165) is 22.6 Å². The fourth-order valence-electron chi connectivity index (χ4n) is 4.61. The summed E-state index contributed by atoms with van der Waals surface area (Å²) in [4.78, 5) is 30.9. The van der Waals surface area contributed by atoms with Gasteiger partial charge in [-0.3, -0.25) is 14.9 Å². The Morgan fingerprint density at radius 1 is 1.00 bits per heavy atom. The van der Waals surface area contributed by atoms with E-state index in [1.165, 1.54) is 6.07 Å². The van der Waals surface area contributed by atoms with Crippen LogP contribution in [0.3, 0.4) is 0 Å². The van der Waals surface area contributed by atoms with Crippen LogP contribution in [0.2, 0.25) is 0 Å². The molecule has 0 aliphatic carbocycles. The maximum absolute atomic E-state index is 13.2. The predicted octanol–water partition coefficient (Wildman–Crippen LogP) is 4.68. The zero-order chi connectivity index (χ0) is 23.4. The maximum Gasteiger partial charge on any atom is 0.291 e. The second-order valence-electron chi connectivity index (χ2n) is 8.10. The van der Waals surface area contributed by atoms with Crippen molar-refractivity contribution in [3.63, 3.8) is 0 Å². The number of benzene rings is 3. The Hall–Kier alpha value is -4.79. The van der Waals surface area contributed by atoms with E-state index in [1.807, 2.05) is 72.5 Å². The number of aromatic nitrogens is 2. The minimum atomic E-state index is -0.535. The summed E-state index contributed by atoms with van der Waals surface area (Å²) in [6.45, 7) is 1.89. The molecule has 3 aromatic carbocycles. The summed E-state index contributed by atoms with van der Waals surface area (Å²) in [6.07, 6.45) is 0. The van der Waals surface area contributed by atoms with Crippen molar-refractivity contribution >= 4 is 34.6 Å². The van der Waals surface area contributed by atoms with Gasteiger partial charge in [-0.05, 0) is 36.8 Å². The molecule has 0 radical (unpaired) electrons. The van der Waals surface area contributed by atoms with Crippen LogP contribution < -0.4 is 10.2 Å². The average Bonchev–Trinajstić information content (AvgIpc) is 3.19. The van der Waals surface area contributed by atoms with Gasteiger partial charge in [0, 0.05) is 17.7 Å². The Morgan fingerprint density at radius 2 is 1.76 bits per heavy atom. The summed E-state index contributed by atoms with van der Waals surface area (Å²) >= 11 is 0. The molecule has 9 heteroatoms. The van der Waals surface area contributed by atoms with Gasteiger partial charge in [0.2, 0.25) is 5.84 Å². The van der Waals surface area contributed by atoms with Crippen LogP contribution in [0.5, 0.6) is 0 Å². The van der Waals surface area contributed by atoms with E-state index >= 15 is 0 Å². The zero-order valence-electron chi connectivity index (χ0n) is 18.0. The maximum atomic E-state index is 13.2. The number of carbonyl (C=O) groups excluding carboxylic acids is 1. The fraction of sp³-hybridized carbons (Fsp3) is 0.0800. The number of nitrogens with one attached hydrogen (secondary N) is 1. The van der Waals surface area contributed by atoms with Crippen molar-refractivity contribution in [1.82, 2.24) is 9.78 Å². The zero-order valence-corrected chi connectivity index (χ0v) is 18.0. The molecule has 1 atom stereocenters. The van der Waals surface area contributed by atoms with Crippen molar-refractivity contribution in [2.45, 2.75) is 13.0 Å². The van der Waals surface area contributed by atoms with E-state index in [4.69, 9.17) is 10.1 Å². The van der Waals surface area contributed by atoms with E-state index < -0.39 is 11.0 Å². The van der Waals surface area contributed by atoms with E-state index in [1.54, 1.807) is 16.8 Å². The lowest BCUT2D eigenvalue weighted by molar-refractivity contribution is -0.384. The van der Waals surface area contributed by atoms with Crippen LogP contribution in [0.1, 0.15) is 22.9 Å². The SMILES string of the molecule is Cc1nn(-c2ccccc2)c2c1C(c1cccc([N+](=O)[O-])c1)N1C(=N2)C(=O)Nc2ccccc21. The van der Waals surface area contributed by atoms with E-state index in [-0.39, 0.29) is 17.4 Å². The second kappa shape index (κ2) is 7.38. The van der Waals surface area contributed by atoms with Crippen LogP contribution in [-0.4, -0.2) is 26.4 Å². The smallest absolute Gasteiger partial charge is 0.291 e. The van der Waals surface area contributed by atoms with Gasteiger partial charge >= 0.3 is 0 Å². The first-order chi connectivity index (χ1) is 16.5. The highest BCUT2D eigenvalue weighted by molar-refractivity contribution is 6.50. The minimum Gasteiger partial charge on any atom is -0.317 e. The summed E-state index contributed by atoms with van der Waals surface area (Å²) in [6, 6.07) is 23.0. The first kappa shape index (κ1) is 19.9. The first-order valence-electron chi connectivity index (χ1n) is 10.7. The minimum absolute atomic E-state index is 0.0223. The Balaban J connectivity index is 1.66. The molecule has 34 heavy (non-hydrogen) atoms. The van der Waals surface area contributed by atoms with Crippen molar-refractivity contribution in [2.75, 3.05) is 10.2 Å². The number of aryl methyl sites for hydroxylation is 1. The van der Waals surface area contributed by atoms with Crippen LogP contribution in [0.25, 0.3) is 5.69 Å². The first-order valence-corrected chi connectivity index (χ1v) is 10.7. The van der Waals surface area contributed by atoms with Crippen LogP contribution in [0, 0.1) is 17.0 Å². The molecule has 0 saturated heterocycles. The quantitative estimate of drug-likeness (QED) is 0.360. The molecular formula is C25H18N6O3. The number of carbonyl (C=O) groups is 1. The lowest BCUT2D eigenvalue weighted by atomic mass is 9.93. The largest absolute Gasteiger partial charge is 0.317 e. The number of rotatable bonds is 3. The van der Waals surface area contributed by atoms with Gasteiger partial charge in [0.25, 0.3) is 11.6 Å². The third kappa shape index (κ3) is 2.91. The highest BCUT2D eigenvalue weighted by Crippen LogP contribution is 2.47. The number of non-ortho nitro benzene ring substituents is 1. The van der Waals surface area contributed by atoms with E-state index in [0.29, 0.717) is 17.1 Å². The summed E-state index contributed by atoms with van der Waals surface area (Å²) in [5.41, 5.74) is 4.38. The number of aliphatic imine (C=N–C) groups is 1. The molecule has 0 saturated carbocycles. The van der Waals surface area contributed by atoms with Crippen LogP contribution in [-0.2, 0) is 4.79 Å². The molecule has 1 N–H and O–H groups in total. The monoisotopic (exact) mass is 450 g/mol. The molecule has 0 bridgehead atoms. The second-order valence-corrected chi connectivity index (χ2v) is 8.10. The van der Waals surface area contributed by atoms with E-state index in [9.17, 15) is 14.9 Å². The number of nitro benzene ring substituents is 1. The lowest BCUT2D eigenvalue weighted by Crippen LogP contribution is -2.48. The van der Waals surface area contributed by atoms with Crippen molar-refractivity contribution in [3.8, 4) is 5.69 Å². The Bertz CT molecular complexity index is 1510. The Morgan fingerprint density at radius 3 is 2.56 bits per heavy atom. The Labute approximate surface area is 194 Å². The molecule has 1 amide bonds. The molecule has 0 fully saturated rings. The number of para-hydroxylation sites is 3. The van der Waals surface area contributed by atoms with E-state index in [2.05, 4.69) is 5.32 Å². The standard InChI is InChI=1S/C25H18N6O3/c1-15-21-22(16-8-7-11-18(14-16)31(33)34)29-20-13-6-5-12-19(20)26-25(32)24(29)27-23(21)30(28-15)17-9-3-2-4-10-17/h2-14,22H,1H3,(H,26,32). The van der Waals surface area contributed by atoms with Crippen molar-refractivity contribution in [3.05, 3.63) is 106 Å². The predicted molar refractivity (Wildman–Crippen MR) is 128 cm³/mol. The molecule has 0 spiro atoms. The third-order valence-corrected chi connectivity index (χ3v) is 6.07. The van der Waals surface area contributed by atoms with Crippen LogP contribution in [0.15, 0.2) is 83.9 Å². The number of nitro groups is 1. The van der Waals surface area contributed by atoms with Gasteiger partial charge in [0.15, 0.2) is 5.82 Å². The third-order valence-electron chi connectivity index (χ3n) is 6.07. The van der Waals surface area contributed by atoms with Gasteiger partial charge in [-0.2, -0.15) is 5.10 Å². The average molecular weight is 450 g/mol. The molecule has 2 aliphatic rings. The molecular weight excluding hydrogens is 432 g/mol. The highest BCUT2D eigenvalue weighted by Gasteiger charge is 2.42. The van der Waals surface area contributed by atoms with Crippen LogP contribution >= 0.6 is 0 Å². The van der Waals surface area contributed by atoms with Crippen molar-refractivity contribution in [2.24, 2.45) is 4.99 Å². The number of fused-ring (bicyclic) bond motifs is 4. The molecule has 3 heterocycles.